The molecule has 11 heteroatoms. The van der Waals surface area contributed by atoms with E-state index in [0.717, 1.165) is 5.56 Å². The summed E-state index contributed by atoms with van der Waals surface area (Å²) in [5.41, 5.74) is 1.54. The van der Waals surface area contributed by atoms with Crippen LogP contribution in [0.4, 0.5) is 0 Å². The molecule has 0 amide bonds. The SMILES string of the molecule is COc1ccc(S(=O)(=O)N/N=C\c2cc(Br)c(OCc3ccc(Cl)cc3)c(OC)c2)cc1Br. The van der Waals surface area contributed by atoms with Gasteiger partial charge in [-0.2, -0.15) is 13.5 Å². The second kappa shape index (κ2) is 11.2. The molecule has 33 heavy (non-hydrogen) atoms. The van der Waals surface area contributed by atoms with Crippen LogP contribution in [-0.4, -0.2) is 28.9 Å². The highest BCUT2D eigenvalue weighted by Gasteiger charge is 2.15. The summed E-state index contributed by atoms with van der Waals surface area (Å²) < 4.78 is 42.6. The van der Waals surface area contributed by atoms with Gasteiger partial charge in [0.05, 0.1) is 34.3 Å². The Kier molecular flexibility index (Phi) is 8.63. The largest absolute Gasteiger partial charge is 0.496 e. The highest BCUT2D eigenvalue weighted by Crippen LogP contribution is 2.37. The van der Waals surface area contributed by atoms with Crippen LogP contribution in [0.3, 0.4) is 0 Å². The highest BCUT2D eigenvalue weighted by molar-refractivity contribution is 9.11. The molecule has 7 nitrogen and oxygen atoms in total. The van der Waals surface area contributed by atoms with Gasteiger partial charge in [0.15, 0.2) is 11.5 Å². The summed E-state index contributed by atoms with van der Waals surface area (Å²) in [7, 11) is -0.852. The van der Waals surface area contributed by atoms with Gasteiger partial charge in [-0.3, -0.25) is 0 Å². The van der Waals surface area contributed by atoms with Gasteiger partial charge in [0.25, 0.3) is 10.0 Å². The molecule has 0 aromatic heterocycles. The first-order valence-corrected chi connectivity index (χ1v) is 12.8. The second-order valence-corrected chi connectivity index (χ2v) is 10.4. The average molecular weight is 619 g/mol. The lowest BCUT2D eigenvalue weighted by Gasteiger charge is -2.13. The topological polar surface area (TPSA) is 86.2 Å². The lowest BCUT2D eigenvalue weighted by molar-refractivity contribution is 0.282. The molecule has 0 bridgehead atoms. The molecule has 3 aromatic rings. The minimum absolute atomic E-state index is 0.0389. The first-order valence-electron chi connectivity index (χ1n) is 9.36. The number of nitrogens with zero attached hydrogens (tertiary/aromatic N) is 1. The van der Waals surface area contributed by atoms with Gasteiger partial charge in [0.1, 0.15) is 12.4 Å². The molecule has 0 saturated carbocycles. The maximum absolute atomic E-state index is 12.5. The zero-order valence-corrected chi connectivity index (χ0v) is 22.3. The van der Waals surface area contributed by atoms with Crippen molar-refractivity contribution in [2.24, 2.45) is 5.10 Å². The number of nitrogens with one attached hydrogen (secondary N) is 1. The normalized spacial score (nSPS) is 11.4. The lowest BCUT2D eigenvalue weighted by Crippen LogP contribution is -2.18. The number of rotatable bonds is 9. The predicted molar refractivity (Wildman–Crippen MR) is 135 cm³/mol. The van der Waals surface area contributed by atoms with E-state index in [9.17, 15) is 8.42 Å². The molecule has 0 spiro atoms. The van der Waals surface area contributed by atoms with Crippen LogP contribution in [0.2, 0.25) is 5.02 Å². The molecule has 3 rings (SSSR count). The quantitative estimate of drug-likeness (QED) is 0.243. The van der Waals surface area contributed by atoms with E-state index in [-0.39, 0.29) is 4.90 Å². The Bertz CT molecular complexity index is 1270. The molecule has 0 heterocycles. The number of ether oxygens (including phenoxy) is 3. The van der Waals surface area contributed by atoms with Gasteiger partial charge < -0.3 is 14.2 Å². The Morgan fingerprint density at radius 2 is 1.67 bits per heavy atom. The number of methoxy groups -OCH3 is 2. The van der Waals surface area contributed by atoms with Crippen LogP contribution >= 0.6 is 43.5 Å². The molecule has 0 saturated heterocycles. The second-order valence-electron chi connectivity index (χ2n) is 6.60. The molecule has 0 atom stereocenters. The summed E-state index contributed by atoms with van der Waals surface area (Å²) in [4.78, 5) is 2.23. The molecule has 0 radical (unpaired) electrons. The molecule has 3 aromatic carbocycles. The third-order valence-electron chi connectivity index (χ3n) is 4.37. The fourth-order valence-electron chi connectivity index (χ4n) is 2.73. The maximum Gasteiger partial charge on any atom is 0.276 e. The Morgan fingerprint density at radius 1 is 0.970 bits per heavy atom. The minimum Gasteiger partial charge on any atom is -0.496 e. The van der Waals surface area contributed by atoms with Gasteiger partial charge in [-0.1, -0.05) is 23.7 Å². The molecule has 0 unspecified atom stereocenters. The summed E-state index contributed by atoms with van der Waals surface area (Å²) in [5, 5.41) is 4.52. The Morgan fingerprint density at radius 3 is 2.30 bits per heavy atom. The van der Waals surface area contributed by atoms with Crippen LogP contribution in [-0.2, 0) is 16.6 Å². The van der Waals surface area contributed by atoms with Crippen LogP contribution < -0.4 is 19.0 Å². The average Bonchev–Trinajstić information content (AvgIpc) is 2.79. The summed E-state index contributed by atoms with van der Waals surface area (Å²) in [6.45, 7) is 0.316. The van der Waals surface area contributed by atoms with Crippen LogP contribution in [0.1, 0.15) is 11.1 Å². The first-order chi connectivity index (χ1) is 15.7. The van der Waals surface area contributed by atoms with E-state index in [1.165, 1.54) is 32.6 Å². The summed E-state index contributed by atoms with van der Waals surface area (Å²) in [6.07, 6.45) is 1.37. The fourth-order valence-corrected chi connectivity index (χ4v) is 4.94. The maximum atomic E-state index is 12.5. The van der Waals surface area contributed by atoms with E-state index in [1.54, 1.807) is 30.3 Å². The van der Waals surface area contributed by atoms with Gasteiger partial charge in [0.2, 0.25) is 0 Å². The summed E-state index contributed by atoms with van der Waals surface area (Å²) >= 11 is 12.7. The number of hydrogen-bond acceptors (Lipinski definition) is 6. The minimum atomic E-state index is -3.86. The van der Waals surface area contributed by atoms with Crippen LogP contribution in [0.25, 0.3) is 0 Å². The zero-order chi connectivity index (χ0) is 24.0. The molecule has 0 aliphatic heterocycles. The smallest absolute Gasteiger partial charge is 0.276 e. The van der Waals surface area contributed by atoms with E-state index in [2.05, 4.69) is 41.8 Å². The van der Waals surface area contributed by atoms with E-state index in [0.29, 0.717) is 43.4 Å². The molecule has 0 aliphatic rings. The summed E-state index contributed by atoms with van der Waals surface area (Å²) in [5.74, 6) is 1.49. The van der Waals surface area contributed by atoms with Crippen LogP contribution in [0.5, 0.6) is 17.2 Å². The standard InChI is InChI=1S/C22H19Br2ClN2O5S/c1-30-20-8-7-17(11-18(20)23)33(28,29)27-26-12-15-9-19(24)22(21(10-15)31-2)32-13-14-3-5-16(25)6-4-14/h3-12,27H,13H2,1-2H3/b26-12-. The van der Waals surface area contributed by atoms with Crippen molar-refractivity contribution in [3.05, 3.63) is 79.7 Å². The molecule has 0 aliphatic carbocycles. The van der Waals surface area contributed by atoms with Crippen molar-refractivity contribution >= 4 is 59.7 Å². The number of hydrogen-bond donors (Lipinski definition) is 1. The van der Waals surface area contributed by atoms with Gasteiger partial charge in [-0.15, -0.1) is 0 Å². The number of sulfonamides is 1. The number of halogens is 3. The zero-order valence-electron chi connectivity index (χ0n) is 17.5. The van der Waals surface area contributed by atoms with Gasteiger partial charge in [-0.05, 0) is 85.5 Å². The van der Waals surface area contributed by atoms with Crippen molar-refractivity contribution in [3.8, 4) is 17.2 Å². The first kappa shape index (κ1) is 25.4. The Labute approximate surface area is 214 Å². The van der Waals surface area contributed by atoms with Crippen LogP contribution in [0, 0.1) is 0 Å². The monoisotopic (exact) mass is 616 g/mol. The van der Waals surface area contributed by atoms with Crippen LogP contribution in [0.15, 0.2) is 73.5 Å². The van der Waals surface area contributed by atoms with E-state index in [4.69, 9.17) is 25.8 Å². The molecule has 1 N–H and O–H groups in total. The van der Waals surface area contributed by atoms with E-state index >= 15 is 0 Å². The lowest BCUT2D eigenvalue weighted by atomic mass is 10.2. The number of hydrazone groups is 1. The molecule has 174 valence electrons. The van der Waals surface area contributed by atoms with Crippen molar-refractivity contribution in [1.29, 1.82) is 0 Å². The van der Waals surface area contributed by atoms with Gasteiger partial charge in [-0.25, -0.2) is 4.83 Å². The summed E-state index contributed by atoms with van der Waals surface area (Å²) in [6, 6.07) is 15.2. The Hall–Kier alpha value is -2.27. The highest BCUT2D eigenvalue weighted by atomic mass is 79.9. The van der Waals surface area contributed by atoms with Crippen molar-refractivity contribution in [2.75, 3.05) is 14.2 Å². The van der Waals surface area contributed by atoms with Crippen molar-refractivity contribution < 1.29 is 22.6 Å². The molecular formula is C22H19Br2ClN2O5S. The molecular weight excluding hydrogens is 600 g/mol. The predicted octanol–water partition coefficient (Wildman–Crippen LogP) is 5.77. The third kappa shape index (κ3) is 6.63. The van der Waals surface area contributed by atoms with Crippen molar-refractivity contribution in [3.63, 3.8) is 0 Å². The van der Waals surface area contributed by atoms with E-state index < -0.39 is 10.0 Å². The van der Waals surface area contributed by atoms with Crippen molar-refractivity contribution in [1.82, 2.24) is 4.83 Å². The van der Waals surface area contributed by atoms with E-state index in [1.807, 2.05) is 12.1 Å². The Balaban J connectivity index is 1.73. The van der Waals surface area contributed by atoms with Gasteiger partial charge >= 0.3 is 0 Å². The third-order valence-corrected chi connectivity index (χ3v) is 7.05. The fraction of sp³-hybridized carbons (Fsp3) is 0.136. The van der Waals surface area contributed by atoms with Crippen molar-refractivity contribution in [2.45, 2.75) is 11.5 Å². The number of benzene rings is 3. The van der Waals surface area contributed by atoms with Gasteiger partial charge in [0, 0.05) is 5.02 Å². The molecule has 0 fully saturated rings.